The smallest absolute Gasteiger partial charge is 0.335 e. The lowest BCUT2D eigenvalue weighted by molar-refractivity contribution is -0.149. The van der Waals surface area contributed by atoms with Crippen molar-refractivity contribution in [2.45, 2.75) is 44.6 Å². The molecule has 5 heteroatoms. The lowest BCUT2D eigenvalue weighted by Crippen LogP contribution is -2.39. The molecular weight excluding hydrogens is 346 g/mol. The summed E-state index contributed by atoms with van der Waals surface area (Å²) in [5.41, 5.74) is 0.919. The Labute approximate surface area is 138 Å². The Hall–Kier alpha value is -1.62. The van der Waals surface area contributed by atoms with Gasteiger partial charge in [-0.05, 0) is 60.7 Å². The quantitative estimate of drug-likeness (QED) is 0.808. The van der Waals surface area contributed by atoms with Crippen molar-refractivity contribution in [3.05, 3.63) is 39.9 Å². The zero-order chi connectivity index (χ0) is 15.7. The predicted molar refractivity (Wildman–Crippen MR) is 87.4 cm³/mol. The van der Waals surface area contributed by atoms with Crippen LogP contribution < -0.4 is 5.32 Å². The Morgan fingerprint density at radius 1 is 1.23 bits per heavy atom. The lowest BCUT2D eigenvalue weighted by Gasteiger charge is -2.34. The van der Waals surface area contributed by atoms with E-state index in [1.54, 1.807) is 6.92 Å². The van der Waals surface area contributed by atoms with Crippen molar-refractivity contribution in [2.24, 2.45) is 0 Å². The van der Waals surface area contributed by atoms with E-state index in [1.807, 2.05) is 24.3 Å². The monoisotopic (exact) mass is 363 g/mol. The van der Waals surface area contributed by atoms with Crippen LogP contribution in [0.25, 0.3) is 0 Å². The first-order valence-electron chi connectivity index (χ1n) is 7.54. The molecule has 0 atom stereocenters. The van der Waals surface area contributed by atoms with Crippen molar-refractivity contribution in [1.82, 2.24) is 0 Å². The molecule has 4 nitrogen and oxygen atoms in total. The van der Waals surface area contributed by atoms with Crippen LogP contribution in [0.4, 0.5) is 5.69 Å². The highest BCUT2D eigenvalue weighted by molar-refractivity contribution is 9.10. The number of para-hydroxylation sites is 1. The highest BCUT2D eigenvalue weighted by atomic mass is 79.9. The van der Waals surface area contributed by atoms with Gasteiger partial charge in [0, 0.05) is 10.0 Å². The number of benzene rings is 1. The molecule has 1 N–H and O–H groups in total. The molecule has 22 heavy (non-hydrogen) atoms. The number of hydrogen-bond acceptors (Lipinski definition) is 3. The second-order valence-electron chi connectivity index (χ2n) is 5.88. The van der Waals surface area contributed by atoms with Gasteiger partial charge in [0.15, 0.2) is 0 Å². The van der Waals surface area contributed by atoms with E-state index >= 15 is 0 Å². The van der Waals surface area contributed by atoms with Gasteiger partial charge in [0.2, 0.25) is 0 Å². The van der Waals surface area contributed by atoms with Crippen molar-refractivity contribution >= 4 is 33.5 Å². The third-order valence-electron chi connectivity index (χ3n) is 4.44. The van der Waals surface area contributed by atoms with Gasteiger partial charge in [0.1, 0.15) is 5.60 Å². The maximum atomic E-state index is 12.8. The van der Waals surface area contributed by atoms with E-state index in [2.05, 4.69) is 21.2 Å². The van der Waals surface area contributed by atoms with Gasteiger partial charge >= 0.3 is 5.97 Å². The highest BCUT2D eigenvalue weighted by Crippen LogP contribution is 2.44. The molecule has 0 saturated heterocycles. The zero-order valence-electron chi connectivity index (χ0n) is 12.4. The second kappa shape index (κ2) is 5.88. The second-order valence-corrected chi connectivity index (χ2v) is 6.73. The Bertz CT molecular complexity index is 660. The summed E-state index contributed by atoms with van der Waals surface area (Å²) in [5.74, 6) is -0.601. The molecule has 0 aromatic heterocycles. The van der Waals surface area contributed by atoms with Crippen LogP contribution in [-0.2, 0) is 14.3 Å². The minimum absolute atomic E-state index is 0.239. The molecular formula is C17H18BrNO3. The van der Waals surface area contributed by atoms with Gasteiger partial charge < -0.3 is 10.1 Å². The van der Waals surface area contributed by atoms with Crippen molar-refractivity contribution in [3.8, 4) is 0 Å². The minimum atomic E-state index is -0.718. The molecule has 0 unspecified atom stereocenters. The first-order chi connectivity index (χ1) is 10.5. The lowest BCUT2D eigenvalue weighted by atomic mass is 9.78. The number of esters is 1. The van der Waals surface area contributed by atoms with Gasteiger partial charge in [-0.25, -0.2) is 4.79 Å². The SMILES string of the molecule is CC1=C(C(=O)Nc2ccccc2Br)C2(CCCCC2)OC1=O. The van der Waals surface area contributed by atoms with Gasteiger partial charge in [-0.15, -0.1) is 0 Å². The van der Waals surface area contributed by atoms with E-state index in [0.717, 1.165) is 36.6 Å². The van der Waals surface area contributed by atoms with Crippen LogP contribution in [0.2, 0.25) is 0 Å². The van der Waals surface area contributed by atoms with Crippen LogP contribution in [0.3, 0.4) is 0 Å². The summed E-state index contributed by atoms with van der Waals surface area (Å²) >= 11 is 3.42. The topological polar surface area (TPSA) is 55.4 Å². The molecule has 1 aromatic carbocycles. The predicted octanol–water partition coefficient (Wildman–Crippen LogP) is 3.96. The maximum absolute atomic E-state index is 12.8. The number of rotatable bonds is 2. The molecule has 1 spiro atoms. The molecule has 1 aliphatic carbocycles. The number of anilines is 1. The van der Waals surface area contributed by atoms with Crippen molar-refractivity contribution < 1.29 is 14.3 Å². The van der Waals surface area contributed by atoms with Crippen LogP contribution in [0.5, 0.6) is 0 Å². The molecule has 116 valence electrons. The summed E-state index contributed by atoms with van der Waals surface area (Å²) in [6, 6.07) is 7.43. The number of amides is 1. The minimum Gasteiger partial charge on any atom is -0.451 e. The molecule has 1 aliphatic heterocycles. The van der Waals surface area contributed by atoms with Crippen LogP contribution in [-0.4, -0.2) is 17.5 Å². The van der Waals surface area contributed by atoms with E-state index in [4.69, 9.17) is 4.74 Å². The van der Waals surface area contributed by atoms with Crippen molar-refractivity contribution in [1.29, 1.82) is 0 Å². The number of carbonyl (C=O) groups is 2. The molecule has 1 amide bonds. The van der Waals surface area contributed by atoms with Gasteiger partial charge in [-0.2, -0.15) is 0 Å². The van der Waals surface area contributed by atoms with Gasteiger partial charge in [-0.3, -0.25) is 4.79 Å². The third kappa shape index (κ3) is 2.58. The zero-order valence-corrected chi connectivity index (χ0v) is 14.0. The molecule has 1 saturated carbocycles. The maximum Gasteiger partial charge on any atom is 0.335 e. The van der Waals surface area contributed by atoms with E-state index in [0.29, 0.717) is 16.8 Å². The fraction of sp³-hybridized carbons (Fsp3) is 0.412. The standard InChI is InChI=1S/C17H18BrNO3/c1-11-14(15(20)19-13-8-4-3-7-12(13)18)17(22-16(11)21)9-5-2-6-10-17/h3-4,7-8H,2,5-6,9-10H2,1H3,(H,19,20). The van der Waals surface area contributed by atoms with Crippen LogP contribution >= 0.6 is 15.9 Å². The molecule has 3 rings (SSSR count). The normalized spacial score (nSPS) is 20.2. The summed E-state index contributed by atoms with van der Waals surface area (Å²) in [6.45, 7) is 1.68. The number of halogens is 1. The summed E-state index contributed by atoms with van der Waals surface area (Å²) in [6.07, 6.45) is 4.54. The molecule has 1 fully saturated rings. The van der Waals surface area contributed by atoms with Crippen molar-refractivity contribution in [2.75, 3.05) is 5.32 Å². The van der Waals surface area contributed by atoms with Gasteiger partial charge in [0.05, 0.1) is 11.3 Å². The van der Waals surface area contributed by atoms with Crippen LogP contribution in [0, 0.1) is 0 Å². The molecule has 0 radical (unpaired) electrons. The van der Waals surface area contributed by atoms with Crippen LogP contribution in [0.1, 0.15) is 39.0 Å². The Morgan fingerprint density at radius 3 is 2.59 bits per heavy atom. The molecule has 1 heterocycles. The van der Waals surface area contributed by atoms with E-state index in [-0.39, 0.29) is 11.9 Å². The van der Waals surface area contributed by atoms with E-state index < -0.39 is 5.60 Å². The fourth-order valence-corrected chi connectivity index (χ4v) is 3.73. The van der Waals surface area contributed by atoms with Gasteiger partial charge in [0.25, 0.3) is 5.91 Å². The fourth-order valence-electron chi connectivity index (χ4n) is 3.35. The Kier molecular flexibility index (Phi) is 4.08. The first-order valence-corrected chi connectivity index (χ1v) is 8.33. The third-order valence-corrected chi connectivity index (χ3v) is 5.13. The first kappa shape index (κ1) is 15.3. The molecule has 1 aromatic rings. The van der Waals surface area contributed by atoms with E-state index in [1.165, 1.54) is 0 Å². The number of carbonyl (C=O) groups excluding carboxylic acids is 2. The number of nitrogens with one attached hydrogen (secondary N) is 1. The molecule has 0 bridgehead atoms. The summed E-state index contributed by atoms with van der Waals surface area (Å²) in [7, 11) is 0. The summed E-state index contributed by atoms with van der Waals surface area (Å²) in [5, 5.41) is 2.90. The highest BCUT2D eigenvalue weighted by Gasteiger charge is 2.49. The average molecular weight is 364 g/mol. The average Bonchev–Trinajstić information content (AvgIpc) is 2.73. The Balaban J connectivity index is 1.92. The largest absolute Gasteiger partial charge is 0.451 e. The molecule has 2 aliphatic rings. The Morgan fingerprint density at radius 2 is 1.91 bits per heavy atom. The number of ether oxygens (including phenoxy) is 1. The van der Waals surface area contributed by atoms with E-state index in [9.17, 15) is 9.59 Å². The van der Waals surface area contributed by atoms with Crippen LogP contribution in [0.15, 0.2) is 39.9 Å². The van der Waals surface area contributed by atoms with Gasteiger partial charge in [-0.1, -0.05) is 18.6 Å². The summed E-state index contributed by atoms with van der Waals surface area (Å²) in [4.78, 5) is 24.8. The number of hydrogen-bond donors (Lipinski definition) is 1. The summed E-state index contributed by atoms with van der Waals surface area (Å²) < 4.78 is 6.43. The van der Waals surface area contributed by atoms with Crippen molar-refractivity contribution in [3.63, 3.8) is 0 Å².